The fourth-order valence-corrected chi connectivity index (χ4v) is 2.32. The van der Waals surface area contributed by atoms with Crippen molar-refractivity contribution >= 4 is 8.32 Å². The van der Waals surface area contributed by atoms with E-state index >= 15 is 0 Å². The molecule has 0 fully saturated rings. The molecule has 0 rings (SSSR count). The molecule has 0 aromatic heterocycles. The molecule has 0 saturated carbocycles. The first-order valence-electron chi connectivity index (χ1n) is 4.14. The maximum absolute atomic E-state index is 8.92. The summed E-state index contributed by atoms with van der Waals surface area (Å²) < 4.78 is 5.73. The van der Waals surface area contributed by atoms with Crippen molar-refractivity contribution in [3.63, 3.8) is 0 Å². The van der Waals surface area contributed by atoms with Crippen molar-refractivity contribution in [3.05, 3.63) is 12.7 Å². The van der Waals surface area contributed by atoms with Crippen LogP contribution in [0.4, 0.5) is 0 Å². The highest BCUT2D eigenvalue weighted by Gasteiger charge is 2.31. The molecule has 0 N–H and O–H groups in total. The van der Waals surface area contributed by atoms with E-state index in [0.29, 0.717) is 6.42 Å². The molecule has 0 saturated heterocycles. The number of nitriles is 1. The minimum atomic E-state index is -1.65. The van der Waals surface area contributed by atoms with E-state index in [1.54, 1.807) is 6.08 Å². The summed E-state index contributed by atoms with van der Waals surface area (Å²) in [5, 5.41) is 8.92. The summed E-state index contributed by atoms with van der Waals surface area (Å²) in [6.45, 7) is 11.8. The van der Waals surface area contributed by atoms with Crippen LogP contribution >= 0.6 is 0 Å². The molecule has 2 nitrogen and oxygen atoms in total. The molecule has 0 spiro atoms. The molecule has 68 valence electrons. The largest absolute Gasteiger partial charge is 0.397 e. The van der Waals surface area contributed by atoms with Gasteiger partial charge >= 0.3 is 0 Å². The van der Waals surface area contributed by atoms with Gasteiger partial charge in [-0.2, -0.15) is 5.26 Å². The van der Waals surface area contributed by atoms with Crippen LogP contribution in [0.3, 0.4) is 0 Å². The molecular formula is C9H17NOSi. The number of hydrogen-bond acceptors (Lipinski definition) is 2. The molecule has 0 amide bonds. The van der Waals surface area contributed by atoms with E-state index in [-0.39, 0.29) is 0 Å². The minimum Gasteiger partial charge on any atom is -0.397 e. The zero-order valence-electron chi connectivity index (χ0n) is 8.35. The molecule has 12 heavy (non-hydrogen) atoms. The molecule has 0 bridgehead atoms. The Bertz CT molecular complexity index is 202. The van der Waals surface area contributed by atoms with Gasteiger partial charge in [-0.15, -0.1) is 0 Å². The van der Waals surface area contributed by atoms with Crippen LogP contribution in [0.2, 0.25) is 19.6 Å². The Kier molecular flexibility index (Phi) is 3.69. The summed E-state index contributed by atoms with van der Waals surface area (Å²) in [7, 11) is -1.65. The third-order valence-electron chi connectivity index (χ3n) is 1.53. The zero-order chi connectivity index (χ0) is 9.83. The van der Waals surface area contributed by atoms with E-state index in [1.165, 1.54) is 0 Å². The SMILES string of the molecule is C=CC(C#N)(CC)O[Si](C)(C)C. The lowest BCUT2D eigenvalue weighted by Gasteiger charge is -2.29. The number of hydrogen-bond donors (Lipinski definition) is 0. The lowest BCUT2D eigenvalue weighted by molar-refractivity contribution is 0.167. The molecule has 1 unspecified atom stereocenters. The molecule has 0 aromatic rings. The molecule has 0 aliphatic rings. The third-order valence-corrected chi connectivity index (χ3v) is 2.51. The van der Waals surface area contributed by atoms with Crippen molar-refractivity contribution in [2.75, 3.05) is 0 Å². The van der Waals surface area contributed by atoms with Crippen molar-refractivity contribution in [1.82, 2.24) is 0 Å². The Morgan fingerprint density at radius 3 is 2.17 bits per heavy atom. The summed E-state index contributed by atoms with van der Waals surface area (Å²) >= 11 is 0. The van der Waals surface area contributed by atoms with E-state index in [4.69, 9.17) is 9.69 Å². The Morgan fingerprint density at radius 2 is 2.08 bits per heavy atom. The van der Waals surface area contributed by atoms with Gasteiger partial charge in [0.25, 0.3) is 0 Å². The van der Waals surface area contributed by atoms with Gasteiger partial charge in [0.15, 0.2) is 13.9 Å². The van der Waals surface area contributed by atoms with Crippen LogP contribution in [-0.2, 0) is 4.43 Å². The Balaban J connectivity index is 4.56. The molecule has 0 aliphatic heterocycles. The first-order chi connectivity index (χ1) is 5.39. The molecule has 0 aliphatic carbocycles. The lowest BCUT2D eigenvalue weighted by Crippen LogP contribution is -2.39. The molecule has 0 aromatic carbocycles. The maximum atomic E-state index is 8.92. The predicted molar refractivity (Wildman–Crippen MR) is 53.3 cm³/mol. The van der Waals surface area contributed by atoms with Crippen LogP contribution in [0.25, 0.3) is 0 Å². The van der Waals surface area contributed by atoms with Crippen molar-refractivity contribution in [1.29, 1.82) is 5.26 Å². The molecule has 0 heterocycles. The average molecular weight is 183 g/mol. The molecule has 1 atom stereocenters. The molecular weight excluding hydrogens is 166 g/mol. The second-order valence-corrected chi connectivity index (χ2v) is 8.20. The van der Waals surface area contributed by atoms with E-state index in [0.717, 1.165) is 0 Å². The maximum Gasteiger partial charge on any atom is 0.186 e. The normalized spacial score (nSPS) is 16.2. The standard InChI is InChI=1S/C9H17NOSi/c1-6-9(7-2,8-10)11-12(3,4)5/h6H,1,7H2,2-5H3. The molecule has 0 radical (unpaired) electrons. The van der Waals surface area contributed by atoms with Gasteiger partial charge in [-0.1, -0.05) is 13.5 Å². The summed E-state index contributed by atoms with van der Waals surface area (Å²) in [6, 6.07) is 2.17. The van der Waals surface area contributed by atoms with Crippen LogP contribution in [-0.4, -0.2) is 13.9 Å². The summed E-state index contributed by atoms with van der Waals surface area (Å²) in [4.78, 5) is 0. The molecule has 3 heteroatoms. The van der Waals surface area contributed by atoms with Crippen molar-refractivity contribution in [2.45, 2.75) is 38.6 Å². The third kappa shape index (κ3) is 3.20. The van der Waals surface area contributed by atoms with Gasteiger partial charge in [-0.05, 0) is 32.1 Å². The second kappa shape index (κ2) is 3.88. The van der Waals surface area contributed by atoms with Crippen molar-refractivity contribution in [3.8, 4) is 6.07 Å². The summed E-state index contributed by atoms with van der Waals surface area (Å²) in [6.07, 6.45) is 2.27. The Labute approximate surface area is 76.0 Å². The van der Waals surface area contributed by atoms with Crippen molar-refractivity contribution < 1.29 is 4.43 Å². The van der Waals surface area contributed by atoms with Gasteiger partial charge < -0.3 is 4.43 Å². The van der Waals surface area contributed by atoms with Gasteiger partial charge in [0, 0.05) is 0 Å². The highest BCUT2D eigenvalue weighted by molar-refractivity contribution is 6.69. The van der Waals surface area contributed by atoms with Gasteiger partial charge in [0.2, 0.25) is 0 Å². The highest BCUT2D eigenvalue weighted by Crippen LogP contribution is 2.21. The van der Waals surface area contributed by atoms with E-state index in [9.17, 15) is 0 Å². The van der Waals surface area contributed by atoms with Gasteiger partial charge in [-0.3, -0.25) is 0 Å². The summed E-state index contributed by atoms with van der Waals surface area (Å²) in [5.41, 5.74) is -0.759. The monoisotopic (exact) mass is 183 g/mol. The average Bonchev–Trinajstić information content (AvgIpc) is 1.99. The topological polar surface area (TPSA) is 33.0 Å². The second-order valence-electron chi connectivity index (χ2n) is 3.77. The van der Waals surface area contributed by atoms with Gasteiger partial charge in [0.1, 0.15) is 6.07 Å². The first kappa shape index (κ1) is 11.4. The van der Waals surface area contributed by atoms with Crippen LogP contribution in [0.5, 0.6) is 0 Å². The number of rotatable bonds is 4. The van der Waals surface area contributed by atoms with Gasteiger partial charge in [0.05, 0.1) is 0 Å². The zero-order valence-corrected chi connectivity index (χ0v) is 9.35. The fourth-order valence-electron chi connectivity index (χ4n) is 0.952. The van der Waals surface area contributed by atoms with Crippen LogP contribution in [0, 0.1) is 11.3 Å². The summed E-state index contributed by atoms with van der Waals surface area (Å²) in [5.74, 6) is 0. The number of nitrogens with zero attached hydrogens (tertiary/aromatic N) is 1. The van der Waals surface area contributed by atoms with Crippen LogP contribution in [0.1, 0.15) is 13.3 Å². The minimum absolute atomic E-state index is 0.664. The Hall–Kier alpha value is -0.593. The highest BCUT2D eigenvalue weighted by atomic mass is 28.4. The van der Waals surface area contributed by atoms with E-state index < -0.39 is 13.9 Å². The van der Waals surface area contributed by atoms with Crippen molar-refractivity contribution in [2.24, 2.45) is 0 Å². The van der Waals surface area contributed by atoms with E-state index in [1.807, 2.05) is 6.92 Å². The quantitative estimate of drug-likeness (QED) is 0.496. The van der Waals surface area contributed by atoms with Crippen LogP contribution in [0.15, 0.2) is 12.7 Å². The smallest absolute Gasteiger partial charge is 0.186 e. The lowest BCUT2D eigenvalue weighted by atomic mass is 10.0. The first-order valence-corrected chi connectivity index (χ1v) is 7.55. The Morgan fingerprint density at radius 1 is 1.58 bits per heavy atom. The fraction of sp³-hybridized carbons (Fsp3) is 0.667. The predicted octanol–water partition coefficient (Wildman–Crippen LogP) is 2.70. The van der Waals surface area contributed by atoms with Gasteiger partial charge in [-0.25, -0.2) is 0 Å². The van der Waals surface area contributed by atoms with E-state index in [2.05, 4.69) is 32.3 Å². The van der Waals surface area contributed by atoms with Crippen LogP contribution < -0.4 is 0 Å².